The summed E-state index contributed by atoms with van der Waals surface area (Å²) in [5.41, 5.74) is 0. The molecule has 0 aliphatic carbocycles. The van der Waals surface area contributed by atoms with Crippen molar-refractivity contribution in [3.63, 3.8) is 0 Å². The fraction of sp³-hybridized carbons (Fsp3) is 0. The molecule has 0 radical (unpaired) electrons. The standard InChI is InChI=1S/2O.Sr.Ti.Y/q;-2;+2;+4;+1. The Morgan fingerprint density at radius 3 is 1.20 bits per heavy atom. The van der Waals surface area contributed by atoms with E-state index in [-0.39, 0.29) is 104 Å². The summed E-state index contributed by atoms with van der Waals surface area (Å²) in [6, 6.07) is 0. The molecular weight excluding hydrogens is 256 g/mol. The molecule has 0 aromatic heterocycles. The van der Waals surface area contributed by atoms with Crippen LogP contribution in [0, 0.1) is 0 Å². The van der Waals surface area contributed by atoms with E-state index in [9.17, 15) is 0 Å². The van der Waals surface area contributed by atoms with Gasteiger partial charge in [-0.25, -0.2) is 0 Å². The molecule has 0 rings (SSSR count). The van der Waals surface area contributed by atoms with E-state index in [0.29, 0.717) is 0 Å². The number of hydrogen-bond acceptors (Lipinski definition) is 1. The third-order valence-corrected chi connectivity index (χ3v) is 0. The minimum absolute atomic E-state index is 0. The molecule has 5 heavy (non-hydrogen) atoms. The molecular formula is O2SrTiY+5. The Morgan fingerprint density at radius 2 is 1.20 bits per heavy atom. The van der Waals surface area contributed by atoms with Gasteiger partial charge < -0.3 is 5.48 Å². The van der Waals surface area contributed by atoms with E-state index in [4.69, 9.17) is 2.04 Å². The molecule has 0 aromatic rings. The molecule has 0 bridgehead atoms. The molecule has 16 valence electrons. The van der Waals surface area contributed by atoms with Crippen molar-refractivity contribution in [1.29, 1.82) is 0 Å². The molecule has 0 spiro atoms. The maximum Gasteiger partial charge on any atom is 4.00 e. The third-order valence-electron chi connectivity index (χ3n) is 0. The maximum absolute atomic E-state index is 8.38. The molecule has 0 saturated carbocycles. The summed E-state index contributed by atoms with van der Waals surface area (Å²) in [5.74, 6) is 0. The predicted molar refractivity (Wildman–Crippen MR) is 7.13 cm³/mol. The van der Waals surface area contributed by atoms with Crippen molar-refractivity contribution in [1.82, 2.24) is 0 Å². The van der Waals surface area contributed by atoms with Crippen LogP contribution in [0.3, 0.4) is 0 Å². The topological polar surface area (TPSA) is 45.6 Å². The van der Waals surface area contributed by atoms with Gasteiger partial charge in [-0.3, -0.25) is 0 Å². The summed E-state index contributed by atoms with van der Waals surface area (Å²) in [6.45, 7) is 0. The Morgan fingerprint density at radius 1 is 1.20 bits per heavy atom. The van der Waals surface area contributed by atoms with Crippen LogP contribution in [0.25, 0.3) is 0 Å². The predicted octanol–water partition coefficient (Wildman–Crippen LogP) is -0.623. The molecule has 2 nitrogen and oxygen atoms in total. The first kappa shape index (κ1) is 24.4. The zero-order valence-electron chi connectivity index (χ0n) is 2.60. The maximum atomic E-state index is 8.38. The SMILES string of the molecule is [O-2].[O]=[Y+].[Sr+2].[Ti+4]. The van der Waals surface area contributed by atoms with Crippen LogP contribution in [0.2, 0.25) is 0 Å². The summed E-state index contributed by atoms with van der Waals surface area (Å²) in [5, 5.41) is 0. The van der Waals surface area contributed by atoms with Gasteiger partial charge in [0.25, 0.3) is 0 Å². The molecule has 0 amide bonds. The van der Waals surface area contributed by atoms with E-state index < -0.39 is 0 Å². The molecule has 0 N–H and O–H groups in total. The first-order chi connectivity index (χ1) is 1.00. The average molecular weight is 256 g/mol. The Hall–Kier alpha value is 3.06. The largest absolute Gasteiger partial charge is 4.00 e. The van der Waals surface area contributed by atoms with Crippen molar-refractivity contribution in [3.8, 4) is 0 Å². The second-order valence-electron chi connectivity index (χ2n) is 0. The van der Waals surface area contributed by atoms with Crippen LogP contribution in [0.5, 0.6) is 0 Å². The minimum Gasteiger partial charge on any atom is 2.00 e. The van der Waals surface area contributed by atoms with Crippen LogP contribution < -0.4 is 0 Å². The van der Waals surface area contributed by atoms with Crippen molar-refractivity contribution in [2.45, 2.75) is 0 Å². The van der Waals surface area contributed by atoms with Gasteiger partial charge in [-0.2, -0.15) is 0 Å². The van der Waals surface area contributed by atoms with Gasteiger partial charge in [-0.05, 0) is 0 Å². The van der Waals surface area contributed by atoms with E-state index in [1.54, 1.807) is 0 Å². The minimum atomic E-state index is 0. The van der Waals surface area contributed by atoms with E-state index in [1.807, 2.05) is 0 Å². The molecule has 0 atom stereocenters. The third kappa shape index (κ3) is 19.3. The smallest absolute Gasteiger partial charge is 2.00 e. The first-order valence-corrected chi connectivity index (χ1v) is 1.39. The molecule has 0 aromatic carbocycles. The summed E-state index contributed by atoms with van der Waals surface area (Å²) < 4.78 is 8.38. The molecule has 0 fully saturated rings. The Kier molecular flexibility index (Phi) is 135. The molecule has 5 heteroatoms. The molecule has 0 aliphatic rings. The molecule has 0 heterocycles. The van der Waals surface area contributed by atoms with Gasteiger partial charge in [0.2, 0.25) is 0 Å². The van der Waals surface area contributed by atoms with Gasteiger partial charge in [0.15, 0.2) is 0 Å². The van der Waals surface area contributed by atoms with Gasteiger partial charge in [0.1, 0.15) is 0 Å². The second-order valence-corrected chi connectivity index (χ2v) is 0. The monoisotopic (exact) mass is 257 g/mol. The van der Waals surface area contributed by atoms with Gasteiger partial charge in [-0.15, -0.1) is 0 Å². The van der Waals surface area contributed by atoms with E-state index in [0.717, 1.165) is 0 Å². The normalized spacial score (nSPS) is 1.20. The van der Waals surface area contributed by atoms with E-state index in [2.05, 4.69) is 0 Å². The first-order valence-electron chi connectivity index (χ1n) is 0.236. The zero-order valence-corrected chi connectivity index (χ0v) is 10.5. The molecule has 0 saturated heterocycles. The van der Waals surface area contributed by atoms with Crippen LogP contribution in [-0.2, 0) is 60.2 Å². The van der Waals surface area contributed by atoms with Crippen LogP contribution in [0.4, 0.5) is 0 Å². The number of rotatable bonds is 0. The van der Waals surface area contributed by atoms with Gasteiger partial charge >= 0.3 is 100 Å². The average Bonchev–Trinajstić information content (AvgIpc) is 1.00. The van der Waals surface area contributed by atoms with Crippen molar-refractivity contribution < 1.29 is 60.2 Å². The quantitative estimate of drug-likeness (QED) is 0.533. The summed E-state index contributed by atoms with van der Waals surface area (Å²) in [6.07, 6.45) is 0. The van der Waals surface area contributed by atoms with Crippen molar-refractivity contribution in [2.24, 2.45) is 0 Å². The van der Waals surface area contributed by atoms with Crippen molar-refractivity contribution >= 4 is 45.5 Å². The zero-order chi connectivity index (χ0) is 2.00. The summed E-state index contributed by atoms with van der Waals surface area (Å²) in [7, 11) is 0. The Balaban J connectivity index is -0.00000000167. The van der Waals surface area contributed by atoms with Crippen LogP contribution in [-0.4, -0.2) is 45.5 Å². The fourth-order valence-corrected chi connectivity index (χ4v) is 0. The second kappa shape index (κ2) is 27.7. The number of hydrogen-bond donors (Lipinski definition) is 0. The van der Waals surface area contributed by atoms with Gasteiger partial charge in [-0.1, -0.05) is 0 Å². The Bertz CT molecular complexity index is 9.61. The molecule has 0 aliphatic heterocycles. The fourth-order valence-electron chi connectivity index (χ4n) is 0. The van der Waals surface area contributed by atoms with E-state index >= 15 is 0 Å². The Labute approximate surface area is 103 Å². The summed E-state index contributed by atoms with van der Waals surface area (Å²) in [4.78, 5) is 0. The van der Waals surface area contributed by atoms with Gasteiger partial charge in [0.05, 0.1) is 0 Å². The van der Waals surface area contributed by atoms with Crippen LogP contribution in [0.1, 0.15) is 0 Å². The van der Waals surface area contributed by atoms with Crippen molar-refractivity contribution in [3.05, 3.63) is 0 Å². The molecule has 0 unspecified atom stereocenters. The van der Waals surface area contributed by atoms with Crippen LogP contribution in [0.15, 0.2) is 0 Å². The van der Waals surface area contributed by atoms with Crippen molar-refractivity contribution in [2.75, 3.05) is 0 Å². The van der Waals surface area contributed by atoms with E-state index in [1.165, 1.54) is 0 Å². The van der Waals surface area contributed by atoms with Crippen LogP contribution >= 0.6 is 0 Å². The van der Waals surface area contributed by atoms with Gasteiger partial charge in [0, 0.05) is 0 Å². The summed E-state index contributed by atoms with van der Waals surface area (Å²) >= 11 is 0.100.